The quantitative estimate of drug-likeness (QED) is 0.363. The number of aliphatic hydroxyl groups is 3. The molecule has 2 unspecified atom stereocenters. The number of nitrogens with two attached hydrogens (primary N) is 1. The van der Waals surface area contributed by atoms with E-state index in [1.54, 1.807) is 51.1 Å². The molecule has 6 N–H and O–H groups in total. The zero-order valence-corrected chi connectivity index (χ0v) is 22.9. The molecule has 2 aromatic rings. The molecule has 0 spiro atoms. The van der Waals surface area contributed by atoms with Crippen LogP contribution in [0.5, 0.6) is 5.75 Å². The molecule has 8 atom stereocenters. The van der Waals surface area contributed by atoms with E-state index < -0.39 is 63.9 Å². The van der Waals surface area contributed by atoms with E-state index in [-0.39, 0.29) is 30.1 Å². The number of ketones is 2. The number of hydrogen-bond donors (Lipinski definition) is 5. The van der Waals surface area contributed by atoms with Crippen LogP contribution in [-0.2, 0) is 16.0 Å². The van der Waals surface area contributed by atoms with Crippen LogP contribution in [0.15, 0.2) is 36.4 Å². The van der Waals surface area contributed by atoms with E-state index >= 15 is 0 Å². The van der Waals surface area contributed by atoms with Crippen molar-refractivity contribution in [3.8, 4) is 22.9 Å². The lowest BCUT2D eigenvalue weighted by molar-refractivity contribution is -0.265. The van der Waals surface area contributed by atoms with Gasteiger partial charge in [-0.2, -0.15) is 5.26 Å². The molecule has 0 saturated heterocycles. The molecule has 2 saturated carbocycles. The molecule has 3 aliphatic rings. The predicted octanol–water partition coefficient (Wildman–Crippen LogP) is 2.11. The first-order chi connectivity index (χ1) is 18.6. The van der Waals surface area contributed by atoms with Crippen LogP contribution in [0.1, 0.15) is 55.6 Å². The van der Waals surface area contributed by atoms with Crippen molar-refractivity contribution in [2.45, 2.75) is 58.3 Å². The van der Waals surface area contributed by atoms with Crippen molar-refractivity contribution in [2.24, 2.45) is 40.2 Å². The molecule has 2 fully saturated rings. The van der Waals surface area contributed by atoms with Gasteiger partial charge in [-0.15, -0.1) is 0 Å². The maximum atomic E-state index is 14.2. The monoisotopic (exact) mass is 546 g/mol. The van der Waals surface area contributed by atoms with Gasteiger partial charge in [0.1, 0.15) is 17.8 Å². The molecule has 0 aliphatic heterocycles. The van der Waals surface area contributed by atoms with E-state index in [1.807, 2.05) is 6.92 Å². The fourth-order valence-electron chi connectivity index (χ4n) is 8.53. The maximum absolute atomic E-state index is 14.2. The highest BCUT2D eigenvalue weighted by Crippen LogP contribution is 2.66. The number of amides is 1. The van der Waals surface area contributed by atoms with Gasteiger partial charge in [0, 0.05) is 5.41 Å². The molecular weight excluding hydrogens is 512 g/mol. The summed E-state index contributed by atoms with van der Waals surface area (Å²) in [5.74, 6) is -7.24. The summed E-state index contributed by atoms with van der Waals surface area (Å²) in [6.45, 7) is 7.05. The summed E-state index contributed by atoms with van der Waals surface area (Å²) in [5.41, 5.74) is 3.00. The van der Waals surface area contributed by atoms with Gasteiger partial charge in [0.05, 0.1) is 29.2 Å². The Labute approximate surface area is 232 Å². The van der Waals surface area contributed by atoms with E-state index in [2.05, 4.69) is 6.07 Å². The van der Waals surface area contributed by atoms with Gasteiger partial charge in [-0.1, -0.05) is 45.9 Å². The van der Waals surface area contributed by atoms with Crippen LogP contribution in [0.2, 0.25) is 0 Å². The van der Waals surface area contributed by atoms with Crippen LogP contribution >= 0.6 is 0 Å². The number of Topliss-reactive ketones (excluding diaryl/α,β-unsaturated/α-hetero) is 2. The number of primary amides is 1. The molecule has 210 valence electrons. The maximum Gasteiger partial charge on any atom is 0.230 e. The summed E-state index contributed by atoms with van der Waals surface area (Å²) in [4.78, 5) is 40.3. The molecule has 9 heteroatoms. The van der Waals surface area contributed by atoms with Crippen molar-refractivity contribution in [1.82, 2.24) is 0 Å². The highest BCUT2D eigenvalue weighted by atomic mass is 16.4. The zero-order chi connectivity index (χ0) is 29.5. The fourth-order valence-corrected chi connectivity index (χ4v) is 8.53. The summed E-state index contributed by atoms with van der Waals surface area (Å²) in [6.07, 6.45) is -3.10. The van der Waals surface area contributed by atoms with Gasteiger partial charge in [0.15, 0.2) is 17.2 Å². The first-order valence-electron chi connectivity index (χ1n) is 13.5. The second-order valence-corrected chi connectivity index (χ2v) is 12.7. The average Bonchev–Trinajstić information content (AvgIpc) is 2.86. The number of aromatic hydroxyl groups is 1. The Morgan fingerprint density at radius 2 is 1.73 bits per heavy atom. The molecule has 9 nitrogen and oxygen atoms in total. The molecule has 2 aromatic carbocycles. The number of fused-ring (bicyclic) bond motifs is 3. The third-order valence-electron chi connectivity index (χ3n) is 9.99. The molecule has 3 aliphatic carbocycles. The van der Waals surface area contributed by atoms with Crippen molar-refractivity contribution >= 4 is 17.5 Å². The molecule has 5 rings (SSSR count). The lowest BCUT2D eigenvalue weighted by atomic mass is 9.39. The molecular formula is C31H34N2O7. The number of nitrogens with zero attached hydrogens (tertiary/aromatic N) is 1. The Morgan fingerprint density at radius 3 is 2.27 bits per heavy atom. The fraction of sp³-hybridized carbons (Fsp3) is 0.484. The van der Waals surface area contributed by atoms with Crippen LogP contribution in [0.25, 0.3) is 11.1 Å². The number of rotatable bonds is 3. The van der Waals surface area contributed by atoms with Crippen molar-refractivity contribution in [1.29, 1.82) is 5.26 Å². The first-order valence-corrected chi connectivity index (χ1v) is 13.5. The Balaban J connectivity index is 1.72. The first kappa shape index (κ1) is 28.0. The Morgan fingerprint density at radius 1 is 1.10 bits per heavy atom. The molecule has 40 heavy (non-hydrogen) atoms. The second kappa shape index (κ2) is 8.96. The second-order valence-electron chi connectivity index (χ2n) is 12.7. The lowest BCUT2D eigenvalue weighted by Gasteiger charge is -2.66. The number of carbonyl (C=O) groups is 3. The highest BCUT2D eigenvalue weighted by molar-refractivity contribution is 6.09. The highest BCUT2D eigenvalue weighted by Gasteiger charge is 2.75. The van der Waals surface area contributed by atoms with Gasteiger partial charge in [-0.25, -0.2) is 0 Å². The van der Waals surface area contributed by atoms with Gasteiger partial charge < -0.3 is 26.2 Å². The Bertz CT molecular complexity index is 1480. The van der Waals surface area contributed by atoms with Crippen molar-refractivity contribution in [2.75, 3.05) is 0 Å². The van der Waals surface area contributed by atoms with Crippen molar-refractivity contribution in [3.05, 3.63) is 53.1 Å². The van der Waals surface area contributed by atoms with E-state index in [1.165, 1.54) is 6.07 Å². The third-order valence-corrected chi connectivity index (χ3v) is 9.99. The smallest absolute Gasteiger partial charge is 0.230 e. The van der Waals surface area contributed by atoms with Gasteiger partial charge in [-0.05, 0) is 65.0 Å². The van der Waals surface area contributed by atoms with E-state index in [0.29, 0.717) is 16.7 Å². The van der Waals surface area contributed by atoms with Gasteiger partial charge in [0.2, 0.25) is 5.91 Å². The predicted molar refractivity (Wildman–Crippen MR) is 144 cm³/mol. The molecule has 0 aromatic heterocycles. The molecule has 0 bridgehead atoms. The number of benzene rings is 2. The van der Waals surface area contributed by atoms with E-state index in [9.17, 15) is 40.1 Å². The van der Waals surface area contributed by atoms with Gasteiger partial charge in [0.25, 0.3) is 0 Å². The summed E-state index contributed by atoms with van der Waals surface area (Å²) in [7, 11) is 0. The molecule has 0 radical (unpaired) electrons. The minimum absolute atomic E-state index is 0.00532. The van der Waals surface area contributed by atoms with Gasteiger partial charge in [-0.3, -0.25) is 14.4 Å². The van der Waals surface area contributed by atoms with Crippen LogP contribution in [-0.4, -0.2) is 55.7 Å². The number of hydrogen-bond acceptors (Lipinski definition) is 8. The summed E-state index contributed by atoms with van der Waals surface area (Å²) >= 11 is 0. The molecule has 0 heterocycles. The van der Waals surface area contributed by atoms with Crippen molar-refractivity contribution in [3.63, 3.8) is 0 Å². The Kier molecular flexibility index (Phi) is 6.27. The minimum atomic E-state index is -2.54. The molecule has 1 amide bonds. The standard InChI is InChI=1S/C31H34N2O7/c1-14(2)22-25(36)21(28(33)39)26(37)31(40)27(38)23-24(35)20-18(11-29(23,3)13-30(22,31)4)17(9-10-19(20)34)16-7-5-15(12-32)6-8-16/h5-10,14,21-23,25,27,34,36,38,40H,11,13H2,1-4H3,(H2,33,39)/t21-,22+,23-,25?,27?,29-,30-,31+/m1/s1. The topological polar surface area (TPSA) is 182 Å². The SMILES string of the molecule is CC(C)[C@H]1C(O)[C@@H](C(N)=O)C(=O)[C@]2(O)C(O)[C@H]3C(=O)c4c(O)ccc(-c5ccc(C#N)cc5)c4C[C@]3(C)C[C@]12C. The van der Waals surface area contributed by atoms with E-state index in [4.69, 9.17) is 5.73 Å². The third kappa shape index (κ3) is 3.46. The summed E-state index contributed by atoms with van der Waals surface area (Å²) in [6, 6.07) is 12.0. The van der Waals surface area contributed by atoms with Crippen LogP contribution < -0.4 is 5.73 Å². The number of nitriles is 1. The van der Waals surface area contributed by atoms with Crippen LogP contribution in [0, 0.1) is 45.8 Å². The normalized spacial score (nSPS) is 36.8. The van der Waals surface area contributed by atoms with Gasteiger partial charge >= 0.3 is 0 Å². The van der Waals surface area contributed by atoms with Crippen LogP contribution in [0.4, 0.5) is 0 Å². The number of phenolic OH excluding ortho intramolecular Hbond substituents is 1. The minimum Gasteiger partial charge on any atom is -0.507 e. The number of phenols is 1. The summed E-state index contributed by atoms with van der Waals surface area (Å²) in [5, 5.41) is 55.3. The van der Waals surface area contributed by atoms with Crippen molar-refractivity contribution < 1.29 is 34.8 Å². The number of carbonyl (C=O) groups excluding carboxylic acids is 3. The van der Waals surface area contributed by atoms with Crippen LogP contribution in [0.3, 0.4) is 0 Å². The zero-order valence-electron chi connectivity index (χ0n) is 22.9. The largest absolute Gasteiger partial charge is 0.507 e. The average molecular weight is 547 g/mol. The lowest BCUT2D eigenvalue weighted by Crippen LogP contribution is -2.79. The summed E-state index contributed by atoms with van der Waals surface area (Å²) < 4.78 is 0. The van der Waals surface area contributed by atoms with E-state index in [0.717, 1.165) is 5.56 Å². The number of aliphatic hydroxyl groups excluding tert-OH is 2. The Hall–Kier alpha value is -3.58.